The van der Waals surface area contributed by atoms with Gasteiger partial charge in [-0.05, 0) is 37.3 Å². The first-order valence-electron chi connectivity index (χ1n) is 8.63. The fourth-order valence-electron chi connectivity index (χ4n) is 3.15. The molecule has 2 unspecified atom stereocenters. The molecule has 0 aliphatic heterocycles. The van der Waals surface area contributed by atoms with Gasteiger partial charge in [-0.2, -0.15) is 0 Å². The average molecular weight is 345 g/mol. The van der Waals surface area contributed by atoms with Gasteiger partial charge in [-0.15, -0.1) is 11.3 Å². The molecule has 2 heterocycles. The third kappa shape index (κ3) is 3.70. The number of anilines is 1. The minimum Gasteiger partial charge on any atom is -0.464 e. The molecule has 2 fully saturated rings. The van der Waals surface area contributed by atoms with Crippen LogP contribution in [0.3, 0.4) is 0 Å². The van der Waals surface area contributed by atoms with Crippen LogP contribution >= 0.6 is 11.3 Å². The molecule has 2 aromatic rings. The van der Waals surface area contributed by atoms with E-state index in [0.29, 0.717) is 17.1 Å². The summed E-state index contributed by atoms with van der Waals surface area (Å²) in [5, 5.41) is 5.46. The number of carbonyl (C=O) groups excluding carboxylic acids is 1. The first kappa shape index (κ1) is 15.8. The first-order valence-corrected chi connectivity index (χ1v) is 9.51. The lowest BCUT2D eigenvalue weighted by atomic mass is 10.3. The summed E-state index contributed by atoms with van der Waals surface area (Å²) in [6.45, 7) is 5.42. The number of nitrogens with one attached hydrogen (secondary N) is 1. The molecule has 0 spiro atoms. The largest absolute Gasteiger partial charge is 0.464 e. The predicted molar refractivity (Wildman–Crippen MR) is 93.9 cm³/mol. The molecule has 0 radical (unpaired) electrons. The van der Waals surface area contributed by atoms with Crippen molar-refractivity contribution in [1.82, 2.24) is 9.88 Å². The zero-order chi connectivity index (χ0) is 16.7. The maximum absolute atomic E-state index is 11.1. The van der Waals surface area contributed by atoms with Crippen molar-refractivity contribution in [2.75, 3.05) is 5.32 Å². The number of hydrogen-bond acceptors (Lipinski definition) is 5. The van der Waals surface area contributed by atoms with Gasteiger partial charge in [0.15, 0.2) is 5.13 Å². The highest BCUT2D eigenvalue weighted by Crippen LogP contribution is 2.47. The number of furan rings is 1. The topological polar surface area (TPSA) is 58.4 Å². The summed E-state index contributed by atoms with van der Waals surface area (Å²) in [7, 11) is 0. The smallest absolute Gasteiger partial charge is 0.223 e. The average Bonchev–Trinajstić information content (AvgIpc) is 3.41. The van der Waals surface area contributed by atoms with E-state index in [4.69, 9.17) is 4.42 Å². The van der Waals surface area contributed by atoms with E-state index in [9.17, 15) is 4.79 Å². The van der Waals surface area contributed by atoms with E-state index in [1.807, 2.05) is 5.38 Å². The summed E-state index contributed by atoms with van der Waals surface area (Å²) < 4.78 is 6.07. The molecule has 1 N–H and O–H groups in total. The van der Waals surface area contributed by atoms with Crippen molar-refractivity contribution in [2.45, 2.75) is 58.2 Å². The van der Waals surface area contributed by atoms with Gasteiger partial charge >= 0.3 is 0 Å². The van der Waals surface area contributed by atoms with Gasteiger partial charge < -0.3 is 9.73 Å². The standard InChI is InChI=1S/C18H23N3O2S/c1-11-7-16(11)17-6-5-15(23-17)9-21(14-3-4-14)8-13-10-24-18(20-13)19-12(2)22/h5-6,10-11,14,16H,3-4,7-9H2,1-2H3,(H,19,20,22). The van der Waals surface area contributed by atoms with Gasteiger partial charge in [-0.1, -0.05) is 6.92 Å². The molecule has 0 aromatic carbocycles. The number of carbonyl (C=O) groups is 1. The molecule has 2 saturated carbocycles. The molecule has 2 aliphatic rings. The molecule has 128 valence electrons. The number of hydrogen-bond donors (Lipinski definition) is 1. The zero-order valence-corrected chi connectivity index (χ0v) is 14.9. The number of aromatic nitrogens is 1. The fourth-order valence-corrected chi connectivity index (χ4v) is 3.89. The third-order valence-corrected chi connectivity index (χ3v) is 5.59. The van der Waals surface area contributed by atoms with Gasteiger partial charge in [0.05, 0.1) is 12.2 Å². The zero-order valence-electron chi connectivity index (χ0n) is 14.1. The molecule has 24 heavy (non-hydrogen) atoms. The van der Waals surface area contributed by atoms with Crippen molar-refractivity contribution in [3.05, 3.63) is 34.7 Å². The second-order valence-corrected chi connectivity index (χ2v) is 7.94. The number of thiazole rings is 1. The van der Waals surface area contributed by atoms with Crippen LogP contribution in [0.15, 0.2) is 21.9 Å². The summed E-state index contributed by atoms with van der Waals surface area (Å²) in [6.07, 6.45) is 3.75. The molecule has 2 atom stereocenters. The molecule has 2 aromatic heterocycles. The van der Waals surface area contributed by atoms with Gasteiger partial charge in [0.25, 0.3) is 0 Å². The Morgan fingerprint density at radius 2 is 2.21 bits per heavy atom. The third-order valence-electron chi connectivity index (χ3n) is 4.78. The summed E-state index contributed by atoms with van der Waals surface area (Å²) in [5.74, 6) is 3.52. The molecule has 4 rings (SSSR count). The highest BCUT2D eigenvalue weighted by molar-refractivity contribution is 7.13. The van der Waals surface area contributed by atoms with E-state index < -0.39 is 0 Å². The maximum Gasteiger partial charge on any atom is 0.223 e. The highest BCUT2D eigenvalue weighted by atomic mass is 32.1. The van der Waals surface area contributed by atoms with Crippen LogP contribution in [0.1, 0.15) is 56.2 Å². The SMILES string of the molecule is CC(=O)Nc1nc(CN(Cc2ccc(C3CC3C)o2)C2CC2)cs1. The Hall–Kier alpha value is -1.66. The number of nitrogens with zero attached hydrogens (tertiary/aromatic N) is 2. The van der Waals surface area contributed by atoms with Gasteiger partial charge in [-0.3, -0.25) is 9.69 Å². The van der Waals surface area contributed by atoms with Crippen molar-refractivity contribution >= 4 is 22.4 Å². The molecule has 2 aliphatic carbocycles. The molecular formula is C18H23N3O2S. The number of rotatable bonds is 7. The van der Waals surface area contributed by atoms with Crippen molar-refractivity contribution in [3.63, 3.8) is 0 Å². The van der Waals surface area contributed by atoms with Crippen LogP contribution in [-0.2, 0) is 17.9 Å². The van der Waals surface area contributed by atoms with Crippen LogP contribution in [-0.4, -0.2) is 21.8 Å². The lowest BCUT2D eigenvalue weighted by molar-refractivity contribution is -0.114. The molecule has 0 saturated heterocycles. The van der Waals surface area contributed by atoms with E-state index in [1.54, 1.807) is 0 Å². The van der Waals surface area contributed by atoms with Crippen LogP contribution in [0.4, 0.5) is 5.13 Å². The van der Waals surface area contributed by atoms with Crippen molar-refractivity contribution in [1.29, 1.82) is 0 Å². The van der Waals surface area contributed by atoms with Gasteiger partial charge in [-0.25, -0.2) is 4.98 Å². The van der Waals surface area contributed by atoms with Crippen LogP contribution in [0.5, 0.6) is 0 Å². The fraction of sp³-hybridized carbons (Fsp3) is 0.556. The second-order valence-electron chi connectivity index (χ2n) is 7.08. The quantitative estimate of drug-likeness (QED) is 0.824. The van der Waals surface area contributed by atoms with Gasteiger partial charge in [0, 0.05) is 30.8 Å². The lowest BCUT2D eigenvalue weighted by Crippen LogP contribution is -2.25. The van der Waals surface area contributed by atoms with Gasteiger partial charge in [0.1, 0.15) is 11.5 Å². The first-order chi connectivity index (χ1) is 11.6. The van der Waals surface area contributed by atoms with Crippen LogP contribution in [0.25, 0.3) is 0 Å². The maximum atomic E-state index is 11.1. The molecular weight excluding hydrogens is 322 g/mol. The van der Waals surface area contributed by atoms with E-state index >= 15 is 0 Å². The Balaban J connectivity index is 1.40. The minimum absolute atomic E-state index is 0.0765. The Morgan fingerprint density at radius 3 is 2.88 bits per heavy atom. The number of amides is 1. The summed E-state index contributed by atoms with van der Waals surface area (Å²) in [5.41, 5.74) is 1.01. The van der Waals surface area contributed by atoms with Gasteiger partial charge in [0.2, 0.25) is 5.91 Å². The van der Waals surface area contributed by atoms with Crippen molar-refractivity contribution in [3.8, 4) is 0 Å². The summed E-state index contributed by atoms with van der Waals surface area (Å²) >= 11 is 1.48. The summed E-state index contributed by atoms with van der Waals surface area (Å²) in [4.78, 5) is 18.1. The highest BCUT2D eigenvalue weighted by Gasteiger charge is 2.37. The van der Waals surface area contributed by atoms with E-state index in [-0.39, 0.29) is 5.91 Å². The predicted octanol–water partition coefficient (Wildman–Crippen LogP) is 3.98. The summed E-state index contributed by atoms with van der Waals surface area (Å²) in [6, 6.07) is 4.90. The molecule has 6 heteroatoms. The van der Waals surface area contributed by atoms with Crippen LogP contribution < -0.4 is 5.32 Å². The lowest BCUT2D eigenvalue weighted by Gasteiger charge is -2.19. The van der Waals surface area contributed by atoms with E-state index in [0.717, 1.165) is 36.2 Å². The van der Waals surface area contributed by atoms with Crippen molar-refractivity contribution in [2.24, 2.45) is 5.92 Å². The van der Waals surface area contributed by atoms with Crippen LogP contribution in [0.2, 0.25) is 0 Å². The minimum atomic E-state index is -0.0765. The Morgan fingerprint density at radius 1 is 1.42 bits per heavy atom. The Bertz CT molecular complexity index is 734. The molecule has 1 amide bonds. The molecule has 0 bridgehead atoms. The monoisotopic (exact) mass is 345 g/mol. The van der Waals surface area contributed by atoms with Crippen LogP contribution in [0, 0.1) is 5.92 Å². The second kappa shape index (κ2) is 6.33. The normalized spacial score (nSPS) is 22.8. The Labute approximate surface area is 146 Å². The van der Waals surface area contributed by atoms with E-state index in [2.05, 4.69) is 34.3 Å². The van der Waals surface area contributed by atoms with Crippen molar-refractivity contribution < 1.29 is 9.21 Å². The van der Waals surface area contributed by atoms with E-state index in [1.165, 1.54) is 37.5 Å². The Kier molecular flexibility index (Phi) is 4.18. The molecule has 5 nitrogen and oxygen atoms in total.